The first kappa shape index (κ1) is 13.1. The topological polar surface area (TPSA) is 26.0 Å². The monoisotopic (exact) mass is 215 g/mol. The first-order valence-corrected chi connectivity index (χ1v) is 4.25. The summed E-state index contributed by atoms with van der Waals surface area (Å²) in [7, 11) is 0. The number of halogens is 2. The summed E-state index contributed by atoms with van der Waals surface area (Å²) < 4.78 is 12.6. The molecule has 0 spiro atoms. The van der Waals surface area contributed by atoms with Crippen LogP contribution in [0.2, 0.25) is 0 Å². The van der Waals surface area contributed by atoms with E-state index in [9.17, 15) is 4.39 Å². The lowest BCUT2D eigenvalue weighted by atomic mass is 10.0. The van der Waals surface area contributed by atoms with Crippen molar-refractivity contribution in [3.8, 4) is 0 Å². The van der Waals surface area contributed by atoms with Crippen LogP contribution in [0, 0.1) is 5.82 Å². The second kappa shape index (κ2) is 5.78. The molecule has 0 aromatic heterocycles. The highest BCUT2D eigenvalue weighted by Gasteiger charge is 2.05. The largest absolute Gasteiger partial charge is 0.324 e. The van der Waals surface area contributed by atoms with E-state index < -0.39 is 0 Å². The SMILES string of the molecule is C=C(C)C[C@@H](N)c1ccc(F)cc1.Cl. The minimum atomic E-state index is -0.230. The summed E-state index contributed by atoms with van der Waals surface area (Å²) in [5, 5.41) is 0. The molecule has 0 aliphatic heterocycles. The normalized spacial score (nSPS) is 11.6. The van der Waals surface area contributed by atoms with Gasteiger partial charge in [-0.2, -0.15) is 0 Å². The van der Waals surface area contributed by atoms with Crippen LogP contribution < -0.4 is 5.73 Å². The van der Waals surface area contributed by atoms with E-state index in [0.29, 0.717) is 0 Å². The fraction of sp³-hybridized carbons (Fsp3) is 0.273. The molecule has 1 atom stereocenters. The van der Waals surface area contributed by atoms with E-state index in [1.165, 1.54) is 12.1 Å². The summed E-state index contributed by atoms with van der Waals surface area (Å²) in [4.78, 5) is 0. The van der Waals surface area contributed by atoms with Crippen LogP contribution in [0.1, 0.15) is 24.9 Å². The summed E-state index contributed by atoms with van der Waals surface area (Å²) in [6, 6.07) is 6.20. The highest BCUT2D eigenvalue weighted by atomic mass is 35.5. The van der Waals surface area contributed by atoms with Crippen LogP contribution in [0.15, 0.2) is 36.4 Å². The number of nitrogens with two attached hydrogens (primary N) is 1. The van der Waals surface area contributed by atoms with Crippen molar-refractivity contribution in [1.82, 2.24) is 0 Å². The number of hydrogen-bond acceptors (Lipinski definition) is 1. The summed E-state index contributed by atoms with van der Waals surface area (Å²) >= 11 is 0. The van der Waals surface area contributed by atoms with Gasteiger partial charge in [-0.25, -0.2) is 4.39 Å². The van der Waals surface area contributed by atoms with Gasteiger partial charge in [0.15, 0.2) is 0 Å². The number of rotatable bonds is 3. The Morgan fingerprint density at radius 3 is 2.36 bits per heavy atom. The predicted octanol–water partition coefficient (Wildman–Crippen LogP) is 3.21. The van der Waals surface area contributed by atoms with Gasteiger partial charge in [0.2, 0.25) is 0 Å². The molecule has 1 aromatic carbocycles. The molecule has 0 fully saturated rings. The lowest BCUT2D eigenvalue weighted by molar-refractivity contribution is 0.624. The summed E-state index contributed by atoms with van der Waals surface area (Å²) in [5.41, 5.74) is 7.85. The van der Waals surface area contributed by atoms with Gasteiger partial charge in [-0.3, -0.25) is 0 Å². The van der Waals surface area contributed by atoms with Crippen LogP contribution in [-0.2, 0) is 0 Å². The summed E-state index contributed by atoms with van der Waals surface area (Å²) in [6.07, 6.45) is 0.742. The Kier molecular flexibility index (Phi) is 5.43. The highest BCUT2D eigenvalue weighted by molar-refractivity contribution is 5.85. The van der Waals surface area contributed by atoms with E-state index in [2.05, 4.69) is 6.58 Å². The summed E-state index contributed by atoms with van der Waals surface area (Å²) in [6.45, 7) is 5.72. The van der Waals surface area contributed by atoms with Crippen molar-refractivity contribution in [2.24, 2.45) is 5.73 Å². The van der Waals surface area contributed by atoms with Gasteiger partial charge in [0.1, 0.15) is 5.82 Å². The molecular formula is C11H15ClFN. The fourth-order valence-electron chi connectivity index (χ4n) is 1.20. The zero-order chi connectivity index (χ0) is 9.84. The maximum atomic E-state index is 12.6. The van der Waals surface area contributed by atoms with Gasteiger partial charge in [-0.05, 0) is 31.0 Å². The molecular weight excluding hydrogens is 201 g/mol. The standard InChI is InChI=1S/C11H14FN.ClH/c1-8(2)7-11(13)9-3-5-10(12)6-4-9;/h3-6,11H,1,7,13H2,2H3;1H/t11-;/m1./s1. The Bertz CT molecular complexity index is 295. The molecule has 0 saturated heterocycles. The Morgan fingerprint density at radius 1 is 1.43 bits per heavy atom. The van der Waals surface area contributed by atoms with Crippen LogP contribution in [0.3, 0.4) is 0 Å². The van der Waals surface area contributed by atoms with Crippen molar-refractivity contribution in [3.05, 3.63) is 47.8 Å². The van der Waals surface area contributed by atoms with E-state index in [4.69, 9.17) is 5.73 Å². The zero-order valence-corrected chi connectivity index (χ0v) is 8.98. The Balaban J connectivity index is 0.00000169. The molecule has 14 heavy (non-hydrogen) atoms. The maximum Gasteiger partial charge on any atom is 0.123 e. The molecule has 0 amide bonds. The minimum absolute atomic E-state index is 0. The van der Waals surface area contributed by atoms with Crippen molar-refractivity contribution >= 4 is 12.4 Å². The molecule has 3 heteroatoms. The highest BCUT2D eigenvalue weighted by Crippen LogP contribution is 2.17. The van der Waals surface area contributed by atoms with Crippen molar-refractivity contribution in [2.45, 2.75) is 19.4 Å². The first-order valence-electron chi connectivity index (χ1n) is 4.25. The predicted molar refractivity (Wildman–Crippen MR) is 60.0 cm³/mol. The zero-order valence-electron chi connectivity index (χ0n) is 8.16. The average Bonchev–Trinajstić information content (AvgIpc) is 2.04. The van der Waals surface area contributed by atoms with Gasteiger partial charge >= 0.3 is 0 Å². The Morgan fingerprint density at radius 2 is 1.93 bits per heavy atom. The molecule has 0 bridgehead atoms. The third-order valence-corrected chi connectivity index (χ3v) is 1.87. The molecule has 78 valence electrons. The van der Waals surface area contributed by atoms with E-state index >= 15 is 0 Å². The number of hydrogen-bond donors (Lipinski definition) is 1. The van der Waals surface area contributed by atoms with Crippen molar-refractivity contribution in [3.63, 3.8) is 0 Å². The van der Waals surface area contributed by atoms with Crippen molar-refractivity contribution in [2.75, 3.05) is 0 Å². The molecule has 0 aliphatic rings. The fourth-order valence-corrected chi connectivity index (χ4v) is 1.20. The van der Waals surface area contributed by atoms with Gasteiger partial charge in [0, 0.05) is 6.04 Å². The van der Waals surface area contributed by atoms with Crippen LogP contribution in [0.5, 0.6) is 0 Å². The van der Waals surface area contributed by atoms with Crippen LogP contribution in [-0.4, -0.2) is 0 Å². The molecule has 0 aliphatic carbocycles. The second-order valence-corrected chi connectivity index (χ2v) is 3.32. The molecule has 1 nitrogen and oxygen atoms in total. The van der Waals surface area contributed by atoms with Crippen LogP contribution in [0.4, 0.5) is 4.39 Å². The molecule has 0 heterocycles. The van der Waals surface area contributed by atoms with E-state index in [-0.39, 0.29) is 24.3 Å². The third kappa shape index (κ3) is 3.90. The second-order valence-electron chi connectivity index (χ2n) is 3.32. The molecule has 0 radical (unpaired) electrons. The lowest BCUT2D eigenvalue weighted by Crippen LogP contribution is -2.10. The Hall–Kier alpha value is -0.860. The lowest BCUT2D eigenvalue weighted by Gasteiger charge is -2.11. The first-order chi connectivity index (χ1) is 6.09. The van der Waals surface area contributed by atoms with E-state index in [1.54, 1.807) is 12.1 Å². The third-order valence-electron chi connectivity index (χ3n) is 1.87. The average molecular weight is 216 g/mol. The van der Waals surface area contributed by atoms with E-state index in [0.717, 1.165) is 17.6 Å². The van der Waals surface area contributed by atoms with Crippen LogP contribution in [0.25, 0.3) is 0 Å². The van der Waals surface area contributed by atoms with Gasteiger partial charge in [0.25, 0.3) is 0 Å². The van der Waals surface area contributed by atoms with Crippen LogP contribution >= 0.6 is 12.4 Å². The molecule has 0 unspecified atom stereocenters. The molecule has 0 saturated carbocycles. The van der Waals surface area contributed by atoms with Gasteiger partial charge in [-0.15, -0.1) is 19.0 Å². The van der Waals surface area contributed by atoms with Gasteiger partial charge < -0.3 is 5.73 Å². The Labute approximate surface area is 90.2 Å². The smallest absolute Gasteiger partial charge is 0.123 e. The molecule has 1 aromatic rings. The maximum absolute atomic E-state index is 12.6. The van der Waals surface area contributed by atoms with Gasteiger partial charge in [0.05, 0.1) is 0 Å². The van der Waals surface area contributed by atoms with Gasteiger partial charge in [-0.1, -0.05) is 17.7 Å². The summed E-state index contributed by atoms with van der Waals surface area (Å²) in [5.74, 6) is -0.230. The minimum Gasteiger partial charge on any atom is -0.324 e. The molecule has 1 rings (SSSR count). The quantitative estimate of drug-likeness (QED) is 0.770. The van der Waals surface area contributed by atoms with Crippen molar-refractivity contribution in [1.29, 1.82) is 0 Å². The number of benzene rings is 1. The molecule has 2 N–H and O–H groups in total. The van der Waals surface area contributed by atoms with Crippen molar-refractivity contribution < 1.29 is 4.39 Å². The van der Waals surface area contributed by atoms with E-state index in [1.807, 2.05) is 6.92 Å².